The summed E-state index contributed by atoms with van der Waals surface area (Å²) in [5.74, 6) is 2.19. The molecule has 1 aromatic heterocycles. The Hall–Kier alpha value is -2.64. The van der Waals surface area contributed by atoms with Gasteiger partial charge in [0.25, 0.3) is 0 Å². The number of rotatable bonds is 4. The average Bonchev–Trinajstić information content (AvgIpc) is 2.94. The predicted molar refractivity (Wildman–Crippen MR) is 121 cm³/mol. The maximum absolute atomic E-state index is 12.6. The number of methoxy groups -OCH3 is 2. The second kappa shape index (κ2) is 8.24. The molecule has 6 nitrogen and oxygen atoms in total. The number of carbonyl (C=O) groups is 1. The van der Waals surface area contributed by atoms with Crippen LogP contribution in [0, 0.1) is 13.8 Å². The lowest BCUT2D eigenvalue weighted by Gasteiger charge is -2.20. The summed E-state index contributed by atoms with van der Waals surface area (Å²) in [6, 6.07) is 11.5. The Morgan fingerprint density at radius 1 is 1.20 bits per heavy atom. The lowest BCUT2D eigenvalue weighted by Crippen LogP contribution is -2.15. The summed E-state index contributed by atoms with van der Waals surface area (Å²) in [5.41, 5.74) is 4.47. The number of hydrogen-bond acceptors (Lipinski definition) is 5. The van der Waals surface area contributed by atoms with Crippen molar-refractivity contribution >= 4 is 35.1 Å². The first-order valence-corrected chi connectivity index (χ1v) is 10.9. The second-order valence-corrected chi connectivity index (χ2v) is 8.52. The highest BCUT2D eigenvalue weighted by molar-refractivity contribution is 8.00. The molecular formula is C22H22ClN3O3S. The first-order valence-electron chi connectivity index (χ1n) is 9.43. The molecule has 1 aliphatic heterocycles. The van der Waals surface area contributed by atoms with E-state index in [0.717, 1.165) is 28.1 Å². The van der Waals surface area contributed by atoms with Gasteiger partial charge < -0.3 is 14.8 Å². The maximum atomic E-state index is 12.6. The van der Waals surface area contributed by atoms with Crippen LogP contribution in [-0.4, -0.2) is 35.7 Å². The molecule has 0 aliphatic carbocycles. The molecule has 1 atom stereocenters. The number of halogens is 1. The topological polar surface area (TPSA) is 65.4 Å². The van der Waals surface area contributed by atoms with E-state index in [4.69, 9.17) is 26.2 Å². The number of amides is 1. The summed E-state index contributed by atoms with van der Waals surface area (Å²) in [4.78, 5) is 12.6. The van der Waals surface area contributed by atoms with Crippen molar-refractivity contribution in [3.63, 3.8) is 0 Å². The Morgan fingerprint density at radius 3 is 2.70 bits per heavy atom. The molecule has 0 saturated carbocycles. The Morgan fingerprint density at radius 2 is 2.00 bits per heavy atom. The van der Waals surface area contributed by atoms with E-state index >= 15 is 0 Å². The Labute approximate surface area is 184 Å². The van der Waals surface area contributed by atoms with Gasteiger partial charge in [-0.05, 0) is 37.6 Å². The highest BCUT2D eigenvalue weighted by atomic mass is 35.5. The summed E-state index contributed by atoms with van der Waals surface area (Å²) in [7, 11) is 3.24. The van der Waals surface area contributed by atoms with E-state index in [2.05, 4.69) is 5.32 Å². The van der Waals surface area contributed by atoms with Crippen LogP contribution in [-0.2, 0) is 4.79 Å². The van der Waals surface area contributed by atoms with Crippen molar-refractivity contribution < 1.29 is 14.3 Å². The Bertz CT molecular complexity index is 1130. The van der Waals surface area contributed by atoms with Gasteiger partial charge in [0.05, 0.1) is 36.6 Å². The van der Waals surface area contributed by atoms with Gasteiger partial charge in [0.1, 0.15) is 5.82 Å². The summed E-state index contributed by atoms with van der Waals surface area (Å²) >= 11 is 7.89. The molecular weight excluding hydrogens is 422 g/mol. The molecule has 0 saturated heterocycles. The normalized spacial score (nSPS) is 15.9. The Balaban J connectivity index is 1.92. The number of anilines is 1. The molecule has 2 aromatic carbocycles. The van der Waals surface area contributed by atoms with E-state index in [-0.39, 0.29) is 11.2 Å². The lowest BCUT2D eigenvalue weighted by atomic mass is 10.0. The number of aryl methyl sites for hydroxylation is 2. The minimum absolute atomic E-state index is 0.0787. The van der Waals surface area contributed by atoms with Crippen molar-refractivity contribution in [1.82, 2.24) is 9.78 Å². The quantitative estimate of drug-likeness (QED) is 0.619. The summed E-state index contributed by atoms with van der Waals surface area (Å²) in [5, 5.41) is 8.27. The van der Waals surface area contributed by atoms with E-state index < -0.39 is 0 Å². The van der Waals surface area contributed by atoms with Gasteiger partial charge in [-0.2, -0.15) is 5.10 Å². The van der Waals surface area contributed by atoms with Crippen molar-refractivity contribution in [1.29, 1.82) is 0 Å². The molecule has 0 radical (unpaired) electrons. The molecule has 1 amide bonds. The van der Waals surface area contributed by atoms with Crippen LogP contribution in [0.2, 0.25) is 5.02 Å². The van der Waals surface area contributed by atoms with Crippen LogP contribution >= 0.6 is 23.4 Å². The van der Waals surface area contributed by atoms with Gasteiger partial charge in [0, 0.05) is 16.1 Å². The van der Waals surface area contributed by atoms with Gasteiger partial charge in [-0.3, -0.25) is 4.79 Å². The first-order chi connectivity index (χ1) is 14.4. The number of aromatic nitrogens is 2. The zero-order valence-corrected chi connectivity index (χ0v) is 18.7. The van der Waals surface area contributed by atoms with Crippen LogP contribution in [0.1, 0.15) is 27.6 Å². The van der Waals surface area contributed by atoms with Crippen molar-refractivity contribution in [2.45, 2.75) is 19.1 Å². The van der Waals surface area contributed by atoms with Crippen molar-refractivity contribution in [2.75, 3.05) is 25.3 Å². The third-order valence-corrected chi connectivity index (χ3v) is 6.78. The summed E-state index contributed by atoms with van der Waals surface area (Å²) in [6.07, 6.45) is 0. The van der Waals surface area contributed by atoms with E-state index in [1.807, 2.05) is 50.2 Å². The fraction of sp³-hybridized carbons (Fsp3) is 0.273. The van der Waals surface area contributed by atoms with Crippen LogP contribution in [0.15, 0.2) is 36.4 Å². The van der Waals surface area contributed by atoms with Crippen molar-refractivity contribution in [3.05, 3.63) is 63.8 Å². The largest absolute Gasteiger partial charge is 0.493 e. The minimum atomic E-state index is -0.154. The highest BCUT2D eigenvalue weighted by Gasteiger charge is 2.33. The van der Waals surface area contributed by atoms with Crippen LogP contribution in [0.3, 0.4) is 0 Å². The zero-order chi connectivity index (χ0) is 21.4. The zero-order valence-electron chi connectivity index (χ0n) is 17.2. The predicted octanol–water partition coefficient (Wildman–Crippen LogP) is 4.93. The Kier molecular flexibility index (Phi) is 5.66. The number of para-hydroxylation sites is 1. The van der Waals surface area contributed by atoms with Crippen molar-refractivity contribution in [2.24, 2.45) is 0 Å². The standard InChI is InChI=1S/C22H22ClN3O3S/c1-12-8-9-14(10-16(12)23)26-22-19(13(2)25-26)21(30-11-18(27)24-22)15-6-5-7-17(28-3)20(15)29-4/h5-10,21H,11H2,1-4H3,(H,24,27). The van der Waals surface area contributed by atoms with E-state index in [0.29, 0.717) is 28.1 Å². The SMILES string of the molecule is COc1cccc(C2SCC(=O)Nc3c2c(C)nn3-c2ccc(C)c(Cl)c2)c1OC. The molecule has 1 unspecified atom stereocenters. The van der Waals surface area contributed by atoms with E-state index in [9.17, 15) is 4.79 Å². The monoisotopic (exact) mass is 443 g/mol. The smallest absolute Gasteiger partial charge is 0.235 e. The molecule has 3 aromatic rings. The molecule has 4 rings (SSSR count). The first kappa shape index (κ1) is 20.6. The highest BCUT2D eigenvalue weighted by Crippen LogP contribution is 2.48. The van der Waals surface area contributed by atoms with E-state index in [1.165, 1.54) is 11.8 Å². The molecule has 0 fully saturated rings. The number of fused-ring (bicyclic) bond motifs is 1. The maximum Gasteiger partial charge on any atom is 0.235 e. The molecule has 156 valence electrons. The number of nitrogens with one attached hydrogen (secondary N) is 1. The van der Waals surface area contributed by atoms with Crippen LogP contribution in [0.25, 0.3) is 5.69 Å². The summed E-state index contributed by atoms with van der Waals surface area (Å²) < 4.78 is 12.9. The number of nitrogens with zero attached hydrogens (tertiary/aromatic N) is 2. The minimum Gasteiger partial charge on any atom is -0.493 e. The summed E-state index contributed by atoms with van der Waals surface area (Å²) in [6.45, 7) is 3.90. The van der Waals surface area contributed by atoms with Gasteiger partial charge >= 0.3 is 0 Å². The third-order valence-electron chi connectivity index (χ3n) is 5.12. The van der Waals surface area contributed by atoms with Crippen molar-refractivity contribution in [3.8, 4) is 17.2 Å². The number of ether oxygens (including phenoxy) is 2. The van der Waals surface area contributed by atoms with Gasteiger partial charge in [-0.25, -0.2) is 4.68 Å². The van der Waals surface area contributed by atoms with Gasteiger partial charge in [0.15, 0.2) is 11.5 Å². The molecule has 8 heteroatoms. The number of thioether (sulfide) groups is 1. The molecule has 0 bridgehead atoms. The second-order valence-electron chi connectivity index (χ2n) is 7.01. The van der Waals surface area contributed by atoms with Gasteiger partial charge in [-0.1, -0.05) is 29.8 Å². The molecule has 30 heavy (non-hydrogen) atoms. The van der Waals surface area contributed by atoms with Crippen LogP contribution < -0.4 is 14.8 Å². The third kappa shape index (κ3) is 3.52. The average molecular weight is 444 g/mol. The molecule has 2 heterocycles. The molecule has 1 aliphatic rings. The number of benzene rings is 2. The number of hydrogen-bond donors (Lipinski definition) is 1. The van der Waals surface area contributed by atoms with Crippen LogP contribution in [0.4, 0.5) is 5.82 Å². The van der Waals surface area contributed by atoms with E-state index in [1.54, 1.807) is 18.9 Å². The lowest BCUT2D eigenvalue weighted by molar-refractivity contribution is -0.113. The number of carbonyl (C=O) groups excluding carboxylic acids is 1. The van der Waals surface area contributed by atoms with Gasteiger partial charge in [0.2, 0.25) is 5.91 Å². The van der Waals surface area contributed by atoms with Crippen LogP contribution in [0.5, 0.6) is 11.5 Å². The van der Waals surface area contributed by atoms with Gasteiger partial charge in [-0.15, -0.1) is 11.8 Å². The fourth-order valence-electron chi connectivity index (χ4n) is 3.65. The molecule has 0 spiro atoms. The fourth-order valence-corrected chi connectivity index (χ4v) is 5.03. The molecule has 1 N–H and O–H groups in total.